The molecule has 0 aliphatic rings. The molecule has 1 aromatic carbocycles. The number of nitrogens with two attached hydrogens (primary N) is 1. The van der Waals surface area contributed by atoms with Crippen molar-refractivity contribution in [3.8, 4) is 22.8 Å². The van der Waals surface area contributed by atoms with E-state index in [2.05, 4.69) is 9.68 Å². The average molecular weight is 224 g/mol. The van der Waals surface area contributed by atoms with E-state index in [1.165, 1.54) is 19.2 Å². The zero-order valence-electron chi connectivity index (χ0n) is 8.40. The molecule has 0 radical (unpaired) electrons. The zero-order valence-corrected chi connectivity index (χ0v) is 8.40. The maximum atomic E-state index is 13.6. The molecular weight excluding hydrogens is 215 g/mol. The van der Waals surface area contributed by atoms with E-state index in [0.717, 1.165) is 6.07 Å². The number of phenolic OH excluding ortho intramolecular Hbond substituents is 1. The highest BCUT2D eigenvalue weighted by atomic mass is 19.1. The quantitative estimate of drug-likeness (QED) is 0.812. The van der Waals surface area contributed by atoms with Crippen LogP contribution < -0.4 is 10.5 Å². The summed E-state index contributed by atoms with van der Waals surface area (Å²) in [6, 6.07) is 3.63. The van der Waals surface area contributed by atoms with Gasteiger partial charge in [0.25, 0.3) is 0 Å². The lowest BCUT2D eigenvalue weighted by Gasteiger charge is -2.05. The number of nitrogens with zero attached hydrogens (tertiary/aromatic N) is 1. The second kappa shape index (κ2) is 3.73. The monoisotopic (exact) mass is 224 g/mol. The van der Waals surface area contributed by atoms with Crippen molar-refractivity contribution in [1.82, 2.24) is 5.16 Å². The minimum absolute atomic E-state index is 0.0534. The number of nitrogen functional groups attached to an aromatic ring is 1. The summed E-state index contributed by atoms with van der Waals surface area (Å²) in [4.78, 5) is 0. The largest absolute Gasteiger partial charge is 0.504 e. The fourth-order valence-electron chi connectivity index (χ4n) is 1.32. The third-order valence-electron chi connectivity index (χ3n) is 2.07. The van der Waals surface area contributed by atoms with Gasteiger partial charge in [0, 0.05) is 17.7 Å². The van der Waals surface area contributed by atoms with Gasteiger partial charge in [-0.3, -0.25) is 0 Å². The highest BCUT2D eigenvalue weighted by Crippen LogP contribution is 2.33. The summed E-state index contributed by atoms with van der Waals surface area (Å²) in [6.07, 6.45) is 0. The third-order valence-corrected chi connectivity index (χ3v) is 2.07. The molecular formula is C10H9FN2O3. The molecule has 0 aliphatic carbocycles. The van der Waals surface area contributed by atoms with Gasteiger partial charge < -0.3 is 20.1 Å². The summed E-state index contributed by atoms with van der Waals surface area (Å²) in [7, 11) is 1.34. The van der Waals surface area contributed by atoms with Gasteiger partial charge in [0.05, 0.1) is 7.11 Å². The second-order valence-corrected chi connectivity index (χ2v) is 3.12. The van der Waals surface area contributed by atoms with E-state index in [1.807, 2.05) is 0 Å². The lowest BCUT2D eigenvalue weighted by molar-refractivity contribution is 0.370. The van der Waals surface area contributed by atoms with Crippen molar-refractivity contribution in [2.75, 3.05) is 12.8 Å². The number of halogens is 1. The van der Waals surface area contributed by atoms with Crippen LogP contribution in [-0.2, 0) is 0 Å². The Labute approximate surface area is 90.2 Å². The van der Waals surface area contributed by atoms with E-state index in [9.17, 15) is 9.50 Å². The number of anilines is 1. The van der Waals surface area contributed by atoms with Crippen molar-refractivity contribution >= 4 is 5.88 Å². The van der Waals surface area contributed by atoms with Crippen LogP contribution in [0.2, 0.25) is 0 Å². The maximum Gasteiger partial charge on any atom is 0.222 e. The normalized spacial score (nSPS) is 10.4. The first-order chi connectivity index (χ1) is 7.61. The average Bonchev–Trinajstić information content (AvgIpc) is 2.67. The molecule has 0 spiro atoms. The molecule has 1 aromatic heterocycles. The van der Waals surface area contributed by atoms with E-state index in [0.29, 0.717) is 0 Å². The maximum absolute atomic E-state index is 13.6. The van der Waals surface area contributed by atoms with Crippen LogP contribution >= 0.6 is 0 Å². The van der Waals surface area contributed by atoms with Crippen LogP contribution in [0.3, 0.4) is 0 Å². The molecule has 0 bridgehead atoms. The number of hydrogen-bond acceptors (Lipinski definition) is 5. The van der Waals surface area contributed by atoms with Crippen molar-refractivity contribution in [2.24, 2.45) is 0 Å². The van der Waals surface area contributed by atoms with Crippen molar-refractivity contribution < 1.29 is 18.8 Å². The Balaban J connectivity index is 2.54. The summed E-state index contributed by atoms with van der Waals surface area (Å²) in [5, 5.41) is 13.1. The summed E-state index contributed by atoms with van der Waals surface area (Å²) in [5.41, 5.74) is 5.63. The van der Waals surface area contributed by atoms with Gasteiger partial charge >= 0.3 is 0 Å². The molecule has 0 aliphatic heterocycles. The molecule has 0 saturated heterocycles. The predicted molar refractivity (Wildman–Crippen MR) is 54.5 cm³/mol. The molecule has 6 heteroatoms. The third kappa shape index (κ3) is 1.65. The van der Waals surface area contributed by atoms with Gasteiger partial charge in [-0.2, -0.15) is 0 Å². The van der Waals surface area contributed by atoms with E-state index in [1.54, 1.807) is 0 Å². The highest BCUT2D eigenvalue weighted by molar-refractivity contribution is 5.65. The number of ether oxygens (including phenoxy) is 1. The SMILES string of the molecule is COc1cc(F)c(-c2cc(N)on2)cc1O. The van der Waals surface area contributed by atoms with Gasteiger partial charge in [-0.25, -0.2) is 4.39 Å². The smallest absolute Gasteiger partial charge is 0.222 e. The van der Waals surface area contributed by atoms with Gasteiger partial charge in [-0.1, -0.05) is 5.16 Å². The van der Waals surface area contributed by atoms with E-state index >= 15 is 0 Å². The Hall–Kier alpha value is -2.24. The van der Waals surface area contributed by atoms with Crippen LogP contribution in [0, 0.1) is 5.82 Å². The Morgan fingerprint density at radius 1 is 1.44 bits per heavy atom. The number of hydrogen-bond donors (Lipinski definition) is 2. The number of phenols is 1. The summed E-state index contributed by atoms with van der Waals surface area (Å²) in [6.45, 7) is 0. The van der Waals surface area contributed by atoms with E-state index in [4.69, 9.17) is 10.5 Å². The van der Waals surface area contributed by atoms with Crippen LogP contribution in [-0.4, -0.2) is 17.4 Å². The van der Waals surface area contributed by atoms with Crippen molar-refractivity contribution in [3.05, 3.63) is 24.0 Å². The van der Waals surface area contributed by atoms with Gasteiger partial charge in [0.15, 0.2) is 11.5 Å². The van der Waals surface area contributed by atoms with Gasteiger partial charge in [0.2, 0.25) is 5.88 Å². The first-order valence-corrected chi connectivity index (χ1v) is 4.41. The lowest BCUT2D eigenvalue weighted by atomic mass is 10.1. The Morgan fingerprint density at radius 3 is 2.75 bits per heavy atom. The first kappa shape index (κ1) is 10.3. The molecule has 2 rings (SSSR count). The molecule has 0 fully saturated rings. The molecule has 0 atom stereocenters. The number of methoxy groups -OCH3 is 1. The van der Waals surface area contributed by atoms with Crippen LogP contribution in [0.15, 0.2) is 22.7 Å². The van der Waals surface area contributed by atoms with Crippen LogP contribution in [0.25, 0.3) is 11.3 Å². The molecule has 0 saturated carbocycles. The molecule has 16 heavy (non-hydrogen) atoms. The highest BCUT2D eigenvalue weighted by Gasteiger charge is 2.14. The standard InChI is InChI=1S/C10H9FN2O3/c1-15-9-3-6(11)5(2-8(9)14)7-4-10(12)16-13-7/h2-4,14H,12H2,1H3. The Kier molecular flexibility index (Phi) is 2.40. The van der Waals surface area contributed by atoms with Crippen LogP contribution in [0.4, 0.5) is 10.3 Å². The van der Waals surface area contributed by atoms with Gasteiger partial charge in [-0.15, -0.1) is 0 Å². The van der Waals surface area contributed by atoms with Crippen LogP contribution in [0.5, 0.6) is 11.5 Å². The Bertz CT molecular complexity index is 525. The molecule has 1 heterocycles. The summed E-state index contributed by atoms with van der Waals surface area (Å²) in [5.74, 6) is -0.633. The van der Waals surface area contributed by atoms with Crippen molar-refractivity contribution in [2.45, 2.75) is 0 Å². The fourth-order valence-corrected chi connectivity index (χ4v) is 1.32. The van der Waals surface area contributed by atoms with E-state index < -0.39 is 5.82 Å². The predicted octanol–water partition coefficient (Wildman–Crippen LogP) is 1.78. The summed E-state index contributed by atoms with van der Waals surface area (Å²) >= 11 is 0. The fraction of sp³-hybridized carbons (Fsp3) is 0.100. The number of aromatic hydroxyl groups is 1. The number of benzene rings is 1. The molecule has 3 N–H and O–H groups in total. The van der Waals surface area contributed by atoms with Gasteiger partial charge in [-0.05, 0) is 6.07 Å². The number of rotatable bonds is 2. The number of aromatic nitrogens is 1. The minimum Gasteiger partial charge on any atom is -0.504 e. The lowest BCUT2D eigenvalue weighted by Crippen LogP contribution is -1.89. The first-order valence-electron chi connectivity index (χ1n) is 4.41. The Morgan fingerprint density at radius 2 is 2.19 bits per heavy atom. The summed E-state index contributed by atoms with van der Waals surface area (Å²) < 4.78 is 23.0. The topological polar surface area (TPSA) is 81.5 Å². The van der Waals surface area contributed by atoms with E-state index in [-0.39, 0.29) is 28.6 Å². The van der Waals surface area contributed by atoms with Gasteiger partial charge in [0.1, 0.15) is 11.5 Å². The van der Waals surface area contributed by atoms with Crippen molar-refractivity contribution in [1.29, 1.82) is 0 Å². The van der Waals surface area contributed by atoms with Crippen LogP contribution in [0.1, 0.15) is 0 Å². The van der Waals surface area contributed by atoms with Crippen molar-refractivity contribution in [3.63, 3.8) is 0 Å². The second-order valence-electron chi connectivity index (χ2n) is 3.12. The molecule has 2 aromatic rings. The zero-order chi connectivity index (χ0) is 11.7. The minimum atomic E-state index is -0.581. The molecule has 0 unspecified atom stereocenters. The molecule has 84 valence electrons. The molecule has 0 amide bonds. The molecule has 5 nitrogen and oxygen atoms in total.